The van der Waals surface area contributed by atoms with E-state index in [1.165, 1.54) is 4.90 Å². The number of amides is 2. The lowest BCUT2D eigenvalue weighted by Gasteiger charge is -2.38. The number of fused-ring (bicyclic) bond motifs is 1. The Balaban J connectivity index is 0.945. The molecule has 16 heteroatoms. The molecule has 1 N–H and O–H groups in total. The number of nitrogens with one attached hydrogen (secondary N) is 1. The van der Waals surface area contributed by atoms with Crippen molar-refractivity contribution in [3.63, 3.8) is 0 Å². The third kappa shape index (κ3) is 13.8. The second kappa shape index (κ2) is 27.6. The third-order valence-electron chi connectivity index (χ3n) is 17.7. The molecule has 12 rings (SSSR count). The normalized spacial score (nSPS) is 14.0. The van der Waals surface area contributed by atoms with Crippen LogP contribution in [0.15, 0.2) is 261 Å². The number of benzene rings is 8. The molecule has 474 valence electrons. The van der Waals surface area contributed by atoms with Crippen molar-refractivity contribution < 1.29 is 23.6 Å². The van der Waals surface area contributed by atoms with Crippen LogP contribution in [-0.2, 0) is 49.4 Å². The Morgan fingerprint density at radius 1 is 0.617 bits per heavy atom. The van der Waals surface area contributed by atoms with Crippen LogP contribution in [0.3, 0.4) is 0 Å². The Kier molecular flexibility index (Phi) is 19.0. The molecule has 1 aliphatic heterocycles. The average Bonchev–Trinajstić information content (AvgIpc) is 1.35. The second-order valence-electron chi connectivity index (χ2n) is 25.9. The first kappa shape index (κ1) is 64.6. The maximum atomic E-state index is 15.3. The minimum Gasteiger partial charge on any atom is -0.444 e. The molecule has 1 fully saturated rings. The second-order valence-corrected chi connectivity index (χ2v) is 27.0. The monoisotopic (exact) mass is 1360 g/mol. The van der Waals surface area contributed by atoms with Crippen molar-refractivity contribution in [3.8, 4) is 0 Å². The molecule has 0 atom stereocenters. The van der Waals surface area contributed by atoms with E-state index in [2.05, 4.69) is 161 Å². The maximum Gasteiger partial charge on any atom is 0.498 e. The largest absolute Gasteiger partial charge is 0.498 e. The number of halogens is 1. The van der Waals surface area contributed by atoms with Gasteiger partial charge in [0.05, 0.1) is 17.7 Å². The van der Waals surface area contributed by atoms with Gasteiger partial charge in [-0.05, 0) is 134 Å². The van der Waals surface area contributed by atoms with Crippen molar-refractivity contribution >= 4 is 67.7 Å². The minimum absolute atomic E-state index is 0.00338. The van der Waals surface area contributed by atoms with Crippen LogP contribution in [0.5, 0.6) is 0 Å². The first-order chi connectivity index (χ1) is 45.4. The van der Waals surface area contributed by atoms with Crippen molar-refractivity contribution in [2.45, 2.75) is 95.9 Å². The first-order valence-electron chi connectivity index (χ1n) is 31.9. The molecule has 0 spiro atoms. The summed E-state index contributed by atoms with van der Waals surface area (Å²) in [5.74, 6) is 0.287. The Labute approximate surface area is 564 Å². The molecular formula is C78H77BIN9O5. The predicted molar refractivity (Wildman–Crippen MR) is 382 cm³/mol. The number of carbonyl (C=O) groups excluding carboxylic acids is 2. The van der Waals surface area contributed by atoms with Gasteiger partial charge in [-0.1, -0.05) is 248 Å². The zero-order chi connectivity index (χ0) is 65.5. The smallest absolute Gasteiger partial charge is 0.444 e. The van der Waals surface area contributed by atoms with E-state index in [4.69, 9.17) is 34.4 Å². The summed E-state index contributed by atoms with van der Waals surface area (Å²) in [6.07, 6.45) is 5.68. The number of hydrogen-bond donors (Lipinski definition) is 1. The topological polar surface area (TPSA) is 142 Å². The average molecular weight is 1360 g/mol. The van der Waals surface area contributed by atoms with E-state index in [-0.39, 0.29) is 19.0 Å². The minimum atomic E-state index is -1.09. The molecule has 0 aliphatic carbocycles. The summed E-state index contributed by atoms with van der Waals surface area (Å²) in [7, 11) is -0.532. The fourth-order valence-corrected chi connectivity index (χ4v) is 13.0. The zero-order valence-electron chi connectivity index (χ0n) is 54.1. The highest BCUT2D eigenvalue weighted by molar-refractivity contribution is 14.1. The van der Waals surface area contributed by atoms with Crippen molar-refractivity contribution in [3.05, 3.63) is 317 Å². The lowest BCUT2D eigenvalue weighted by Crippen LogP contribution is -2.45. The van der Waals surface area contributed by atoms with Crippen LogP contribution in [0, 0.1) is 0 Å². The number of aromatic nitrogens is 6. The zero-order valence-corrected chi connectivity index (χ0v) is 56.3. The van der Waals surface area contributed by atoms with E-state index in [0.29, 0.717) is 48.6 Å². The SMILES string of the molecule is CC(C)(C)OC(=O)N(C/C=C(\I)c1cc(NC(c2ccccc2)(c2ccccc2)c2ccccc2)nc2c1nnn2C(c1ccccc1)(c1ccccc1)c1ccccc1)CC(=O)N(CCc1ccccc1)Cc1cccc(Cn2cc(B3OC(C)(C)C(C)(C)O3)cn2)c1. The highest BCUT2D eigenvalue weighted by Gasteiger charge is 2.52. The number of pyridine rings is 1. The lowest BCUT2D eigenvalue weighted by atomic mass is 9.77. The van der Waals surface area contributed by atoms with Gasteiger partial charge < -0.3 is 24.3 Å². The van der Waals surface area contributed by atoms with Gasteiger partial charge in [0.2, 0.25) is 5.91 Å². The lowest BCUT2D eigenvalue weighted by molar-refractivity contribution is -0.132. The summed E-state index contributed by atoms with van der Waals surface area (Å²) < 4.78 is 23.4. The van der Waals surface area contributed by atoms with Gasteiger partial charge in [-0.3, -0.25) is 14.4 Å². The van der Waals surface area contributed by atoms with E-state index >= 15 is 4.79 Å². The Bertz CT molecular complexity index is 4190. The molecule has 3 aromatic heterocycles. The van der Waals surface area contributed by atoms with Gasteiger partial charge in [0.15, 0.2) is 5.65 Å². The molecule has 94 heavy (non-hydrogen) atoms. The summed E-state index contributed by atoms with van der Waals surface area (Å²) >= 11 is 2.34. The number of nitrogens with zero attached hydrogens (tertiary/aromatic N) is 8. The third-order valence-corrected chi connectivity index (χ3v) is 18.7. The van der Waals surface area contributed by atoms with Crippen molar-refractivity contribution in [2.75, 3.05) is 25.0 Å². The van der Waals surface area contributed by atoms with Crippen molar-refractivity contribution in [1.82, 2.24) is 39.6 Å². The van der Waals surface area contributed by atoms with Crippen molar-refractivity contribution in [2.24, 2.45) is 0 Å². The highest BCUT2D eigenvalue weighted by atomic mass is 127. The number of carbonyl (C=O) groups is 2. The fraction of sp³-hybridized carbons (Fsp3) is 0.231. The van der Waals surface area contributed by atoms with Crippen LogP contribution in [0.4, 0.5) is 10.6 Å². The van der Waals surface area contributed by atoms with Crippen LogP contribution < -0.4 is 10.8 Å². The van der Waals surface area contributed by atoms with Crippen LogP contribution in [-0.4, -0.2) is 95.1 Å². The molecule has 11 aromatic rings. The number of ether oxygens (including phenoxy) is 1. The maximum absolute atomic E-state index is 15.3. The molecule has 2 amide bonds. The number of rotatable bonds is 22. The Morgan fingerprint density at radius 3 is 1.61 bits per heavy atom. The summed E-state index contributed by atoms with van der Waals surface area (Å²) in [6, 6.07) is 82.7. The molecule has 1 aliphatic rings. The van der Waals surface area contributed by atoms with Gasteiger partial charge in [-0.25, -0.2) is 14.5 Å². The van der Waals surface area contributed by atoms with E-state index in [9.17, 15) is 4.79 Å². The molecule has 0 bridgehead atoms. The van der Waals surface area contributed by atoms with Gasteiger partial charge in [0, 0.05) is 46.6 Å². The molecule has 8 aromatic carbocycles. The molecular weight excluding hydrogens is 1280 g/mol. The van der Waals surface area contributed by atoms with Crippen LogP contribution in [0.2, 0.25) is 0 Å². The molecule has 4 heterocycles. The molecule has 1 saturated heterocycles. The quantitative estimate of drug-likeness (QED) is 0.0396. The van der Waals surface area contributed by atoms with E-state index in [0.717, 1.165) is 59.1 Å². The van der Waals surface area contributed by atoms with Gasteiger partial charge >= 0.3 is 13.2 Å². The predicted octanol–water partition coefficient (Wildman–Crippen LogP) is 14.9. The van der Waals surface area contributed by atoms with Crippen LogP contribution in [0.1, 0.15) is 104 Å². The molecule has 0 saturated carbocycles. The first-order valence-corrected chi connectivity index (χ1v) is 33.0. The summed E-state index contributed by atoms with van der Waals surface area (Å²) in [5, 5.41) is 19.1. The standard InChI is InChI=1S/C78H77BIN9O5/c1-74(2,3)92-73(91)87(56-70(90)86(48-46-57-30-15-8-16-31-57)53-58-32-29-33-59(50-58)54-88-55-66(52-81-88)79-93-75(4,5)76(6,7)94-79)49-47-68(80)67-51-69(83-77(60-34-17-9-18-35-60,61-36-19-10-20-37-61)62-38-21-11-22-39-62)82-72-71(67)84-85-89(72)78(63-40-23-12-24-41-63,64-42-25-13-26-43-64)65-44-27-14-28-45-65/h8-45,47,50-52,55H,46,48-49,53-54,56H2,1-7H3,(H,82,83)/b68-47-. The van der Waals surface area contributed by atoms with E-state index in [1.807, 2.05) is 184 Å². The summed E-state index contributed by atoms with van der Waals surface area (Å²) in [6.45, 7) is 14.6. The van der Waals surface area contributed by atoms with Crippen LogP contribution >= 0.6 is 22.6 Å². The summed E-state index contributed by atoms with van der Waals surface area (Å²) in [5.41, 5.74) is 7.50. The molecule has 0 unspecified atom stereocenters. The molecule has 0 radical (unpaired) electrons. The van der Waals surface area contributed by atoms with Gasteiger partial charge in [-0.2, -0.15) is 5.10 Å². The van der Waals surface area contributed by atoms with E-state index in [1.54, 1.807) is 6.20 Å². The Hall–Kier alpha value is -9.49. The van der Waals surface area contributed by atoms with Crippen molar-refractivity contribution in [1.29, 1.82) is 0 Å². The number of hydrogen-bond acceptors (Lipinski definition) is 10. The highest BCUT2D eigenvalue weighted by Crippen LogP contribution is 2.45. The van der Waals surface area contributed by atoms with Gasteiger partial charge in [-0.15, -0.1) is 5.10 Å². The van der Waals surface area contributed by atoms with Crippen LogP contribution in [0.25, 0.3) is 14.7 Å². The Morgan fingerprint density at radius 2 is 1.10 bits per heavy atom. The van der Waals surface area contributed by atoms with Gasteiger partial charge in [0.25, 0.3) is 0 Å². The van der Waals surface area contributed by atoms with E-state index < -0.39 is 41.1 Å². The summed E-state index contributed by atoms with van der Waals surface area (Å²) in [4.78, 5) is 39.0. The molecule has 14 nitrogen and oxygen atoms in total. The van der Waals surface area contributed by atoms with Gasteiger partial charge in [0.1, 0.15) is 34.6 Å². The number of anilines is 1. The fourth-order valence-electron chi connectivity index (χ4n) is 12.3.